The monoisotopic (exact) mass is 230 g/mol. The molecule has 4 atom stereocenters. The van der Waals surface area contributed by atoms with Gasteiger partial charge in [-0.1, -0.05) is 6.92 Å². The average Bonchev–Trinajstić information content (AvgIpc) is 2.76. The first-order chi connectivity index (χ1) is 7.58. The second-order valence-corrected chi connectivity index (χ2v) is 4.51. The molecule has 5 nitrogen and oxygen atoms in total. The van der Waals surface area contributed by atoms with Gasteiger partial charge in [0.15, 0.2) is 0 Å². The lowest BCUT2D eigenvalue weighted by atomic mass is 10.0. The maximum absolute atomic E-state index is 11.8. The summed E-state index contributed by atoms with van der Waals surface area (Å²) in [5.74, 6) is 0.0657. The molecule has 4 unspecified atom stereocenters. The van der Waals surface area contributed by atoms with Crippen molar-refractivity contribution < 1.29 is 14.6 Å². The number of aliphatic hydroxyl groups is 1. The van der Waals surface area contributed by atoms with Crippen molar-refractivity contribution in [2.45, 2.75) is 38.5 Å². The topological polar surface area (TPSA) is 70.6 Å². The molecule has 16 heavy (non-hydrogen) atoms. The number of carbonyl (C=O) groups excluding carboxylic acids is 1. The van der Waals surface area contributed by atoms with Crippen LogP contribution in [-0.4, -0.2) is 49.5 Å². The van der Waals surface area contributed by atoms with Crippen molar-refractivity contribution in [2.75, 3.05) is 20.3 Å². The lowest BCUT2D eigenvalue weighted by Crippen LogP contribution is -2.46. The Hall–Kier alpha value is -0.650. The maximum atomic E-state index is 11.8. The van der Waals surface area contributed by atoms with E-state index in [-0.39, 0.29) is 36.6 Å². The Morgan fingerprint density at radius 3 is 2.81 bits per heavy atom. The Kier molecular flexibility index (Phi) is 5.18. The van der Waals surface area contributed by atoms with E-state index in [0.717, 1.165) is 6.54 Å². The van der Waals surface area contributed by atoms with Gasteiger partial charge in [0.25, 0.3) is 0 Å². The molecule has 5 heteroatoms. The Morgan fingerprint density at radius 1 is 1.62 bits per heavy atom. The Balaban J connectivity index is 2.35. The second kappa shape index (κ2) is 6.18. The van der Waals surface area contributed by atoms with Gasteiger partial charge >= 0.3 is 0 Å². The van der Waals surface area contributed by atoms with Gasteiger partial charge in [-0.15, -0.1) is 0 Å². The van der Waals surface area contributed by atoms with Gasteiger partial charge in [-0.2, -0.15) is 0 Å². The van der Waals surface area contributed by atoms with Gasteiger partial charge in [-0.25, -0.2) is 0 Å². The van der Waals surface area contributed by atoms with Crippen LogP contribution >= 0.6 is 0 Å². The van der Waals surface area contributed by atoms with Crippen LogP contribution in [0.4, 0.5) is 0 Å². The molecule has 3 N–H and O–H groups in total. The van der Waals surface area contributed by atoms with Gasteiger partial charge in [-0.05, 0) is 19.3 Å². The van der Waals surface area contributed by atoms with Gasteiger partial charge in [0.1, 0.15) is 0 Å². The largest absolute Gasteiger partial charge is 0.396 e. The molecular formula is C11H22N2O3. The van der Waals surface area contributed by atoms with E-state index >= 15 is 0 Å². The number of ether oxygens (including phenoxy) is 1. The van der Waals surface area contributed by atoms with E-state index in [0.29, 0.717) is 6.42 Å². The molecule has 0 aromatic carbocycles. The zero-order valence-corrected chi connectivity index (χ0v) is 10.2. The molecule has 1 rings (SSSR count). The molecule has 0 aromatic heterocycles. The summed E-state index contributed by atoms with van der Waals surface area (Å²) in [6, 6.07) is -0.181. The first kappa shape index (κ1) is 13.4. The predicted molar refractivity (Wildman–Crippen MR) is 61.1 cm³/mol. The Labute approximate surface area is 96.6 Å². The van der Waals surface area contributed by atoms with E-state index in [4.69, 9.17) is 9.84 Å². The maximum Gasteiger partial charge on any atom is 0.237 e. The molecule has 0 radical (unpaired) electrons. The Bertz CT molecular complexity index is 235. The number of hydrogen-bond donors (Lipinski definition) is 3. The molecule has 0 bridgehead atoms. The van der Waals surface area contributed by atoms with Crippen LogP contribution < -0.4 is 10.6 Å². The quantitative estimate of drug-likeness (QED) is 0.595. The number of aliphatic hydroxyl groups excluding tert-OH is 1. The summed E-state index contributed by atoms with van der Waals surface area (Å²) in [4.78, 5) is 11.8. The lowest BCUT2D eigenvalue weighted by molar-refractivity contribution is -0.124. The molecular weight excluding hydrogens is 208 g/mol. The van der Waals surface area contributed by atoms with Crippen LogP contribution in [-0.2, 0) is 9.53 Å². The van der Waals surface area contributed by atoms with Crippen LogP contribution in [0.5, 0.6) is 0 Å². The molecule has 0 spiro atoms. The van der Waals surface area contributed by atoms with Crippen LogP contribution in [0.3, 0.4) is 0 Å². The van der Waals surface area contributed by atoms with E-state index in [1.807, 2.05) is 13.8 Å². The average molecular weight is 230 g/mol. The second-order valence-electron chi connectivity index (χ2n) is 4.51. The fourth-order valence-electron chi connectivity index (χ4n) is 1.71. The molecule has 1 aliphatic rings. The van der Waals surface area contributed by atoms with Gasteiger partial charge in [0.05, 0.1) is 12.1 Å². The third-order valence-corrected chi connectivity index (χ3v) is 3.25. The van der Waals surface area contributed by atoms with Gasteiger partial charge in [0, 0.05) is 26.3 Å². The SMILES string of the molecule is COC1CNC(C(=O)NC(C)C(C)CO)C1. The minimum Gasteiger partial charge on any atom is -0.396 e. The van der Waals surface area contributed by atoms with Crippen molar-refractivity contribution in [2.24, 2.45) is 5.92 Å². The molecule has 94 valence electrons. The number of carbonyl (C=O) groups is 1. The fraction of sp³-hybridized carbons (Fsp3) is 0.909. The zero-order valence-electron chi connectivity index (χ0n) is 10.2. The molecule has 1 heterocycles. The first-order valence-electron chi connectivity index (χ1n) is 5.75. The highest BCUT2D eigenvalue weighted by Gasteiger charge is 2.30. The highest BCUT2D eigenvalue weighted by Crippen LogP contribution is 2.10. The fourth-order valence-corrected chi connectivity index (χ4v) is 1.71. The van der Waals surface area contributed by atoms with Crippen LogP contribution in [0.15, 0.2) is 0 Å². The van der Waals surface area contributed by atoms with Crippen molar-refractivity contribution >= 4 is 5.91 Å². The number of methoxy groups -OCH3 is 1. The van der Waals surface area contributed by atoms with Crippen LogP contribution in [0.1, 0.15) is 20.3 Å². The minimum absolute atomic E-state index is 0.00708. The third kappa shape index (κ3) is 3.43. The van der Waals surface area contributed by atoms with Crippen molar-refractivity contribution in [1.82, 2.24) is 10.6 Å². The summed E-state index contributed by atoms with van der Waals surface area (Å²) in [6.45, 7) is 4.62. The number of nitrogens with one attached hydrogen (secondary N) is 2. The van der Waals surface area contributed by atoms with Gasteiger partial charge in [-0.3, -0.25) is 4.79 Å². The summed E-state index contributed by atoms with van der Waals surface area (Å²) in [7, 11) is 1.66. The van der Waals surface area contributed by atoms with Gasteiger partial charge in [0.2, 0.25) is 5.91 Å². The van der Waals surface area contributed by atoms with Crippen molar-refractivity contribution in [1.29, 1.82) is 0 Å². The zero-order chi connectivity index (χ0) is 12.1. The van der Waals surface area contributed by atoms with Gasteiger partial charge < -0.3 is 20.5 Å². The summed E-state index contributed by atoms with van der Waals surface area (Å²) >= 11 is 0. The molecule has 1 aliphatic heterocycles. The van der Waals surface area contributed by atoms with E-state index in [9.17, 15) is 4.79 Å². The van der Waals surface area contributed by atoms with E-state index in [1.165, 1.54) is 0 Å². The number of rotatable bonds is 5. The summed E-state index contributed by atoms with van der Waals surface area (Å²) < 4.78 is 5.18. The smallest absolute Gasteiger partial charge is 0.237 e. The van der Waals surface area contributed by atoms with E-state index in [2.05, 4.69) is 10.6 Å². The molecule has 0 saturated carbocycles. The van der Waals surface area contributed by atoms with E-state index in [1.54, 1.807) is 7.11 Å². The molecule has 1 amide bonds. The number of hydrogen-bond acceptors (Lipinski definition) is 4. The lowest BCUT2D eigenvalue weighted by Gasteiger charge is -2.21. The van der Waals surface area contributed by atoms with E-state index < -0.39 is 0 Å². The normalized spacial score (nSPS) is 28.8. The first-order valence-corrected chi connectivity index (χ1v) is 5.75. The minimum atomic E-state index is -0.168. The van der Waals surface area contributed by atoms with Crippen molar-refractivity contribution in [3.05, 3.63) is 0 Å². The predicted octanol–water partition coefficient (Wildman–Crippen LogP) is -0.504. The van der Waals surface area contributed by atoms with Crippen LogP contribution in [0.2, 0.25) is 0 Å². The van der Waals surface area contributed by atoms with Crippen LogP contribution in [0, 0.1) is 5.92 Å². The summed E-state index contributed by atoms with van der Waals surface area (Å²) in [5.41, 5.74) is 0. The Morgan fingerprint density at radius 2 is 2.31 bits per heavy atom. The highest BCUT2D eigenvalue weighted by molar-refractivity contribution is 5.82. The molecule has 1 saturated heterocycles. The van der Waals surface area contributed by atoms with Crippen molar-refractivity contribution in [3.63, 3.8) is 0 Å². The highest BCUT2D eigenvalue weighted by atomic mass is 16.5. The van der Waals surface area contributed by atoms with Crippen LogP contribution in [0.25, 0.3) is 0 Å². The standard InChI is InChI=1S/C11H22N2O3/c1-7(6-14)8(2)13-11(15)10-4-9(16-3)5-12-10/h7-10,12,14H,4-6H2,1-3H3,(H,13,15). The van der Waals surface area contributed by atoms with Crippen molar-refractivity contribution in [3.8, 4) is 0 Å². The number of amides is 1. The molecule has 1 fully saturated rings. The molecule has 0 aliphatic carbocycles. The summed E-state index contributed by atoms with van der Waals surface area (Å²) in [5, 5.41) is 15.0. The summed E-state index contributed by atoms with van der Waals surface area (Å²) in [6.07, 6.45) is 0.837. The third-order valence-electron chi connectivity index (χ3n) is 3.25. The molecule has 0 aromatic rings.